The Balaban J connectivity index is 1.65. The normalized spacial score (nSPS) is 11.4. The standard InChI is InChI=1S/C20H31ClN2/c1-3-4-5-6-7-8-9-10-11-12-15-23-17(2)22-19-14-13-18(21)16-20(19)23/h13-14,16H,3-12,15H2,1-2H3. The number of aromatic nitrogens is 2. The maximum Gasteiger partial charge on any atom is 0.106 e. The number of hydrogen-bond acceptors (Lipinski definition) is 1. The van der Waals surface area contributed by atoms with E-state index in [-0.39, 0.29) is 0 Å². The van der Waals surface area contributed by atoms with Crippen LogP contribution in [0.3, 0.4) is 0 Å². The molecule has 0 saturated heterocycles. The number of fused-ring (bicyclic) bond motifs is 1. The number of nitrogens with zero attached hydrogens (tertiary/aromatic N) is 2. The van der Waals surface area contributed by atoms with Gasteiger partial charge in [-0.1, -0.05) is 76.3 Å². The molecule has 1 aromatic carbocycles. The fourth-order valence-corrected chi connectivity index (χ4v) is 3.42. The molecule has 0 atom stereocenters. The van der Waals surface area contributed by atoms with Gasteiger partial charge in [-0.05, 0) is 31.5 Å². The minimum Gasteiger partial charge on any atom is -0.328 e. The van der Waals surface area contributed by atoms with Crippen LogP contribution in [0.1, 0.15) is 77.0 Å². The summed E-state index contributed by atoms with van der Waals surface area (Å²) in [7, 11) is 0. The molecule has 23 heavy (non-hydrogen) atoms. The molecule has 3 heteroatoms. The van der Waals surface area contributed by atoms with Gasteiger partial charge >= 0.3 is 0 Å². The van der Waals surface area contributed by atoms with E-state index in [1.807, 2.05) is 18.2 Å². The number of aryl methyl sites for hydroxylation is 2. The van der Waals surface area contributed by atoms with Crippen LogP contribution >= 0.6 is 11.6 Å². The van der Waals surface area contributed by atoms with Crippen molar-refractivity contribution in [1.29, 1.82) is 0 Å². The highest BCUT2D eigenvalue weighted by Gasteiger charge is 2.07. The minimum absolute atomic E-state index is 0.793. The Morgan fingerprint density at radius 2 is 1.52 bits per heavy atom. The lowest BCUT2D eigenvalue weighted by Crippen LogP contribution is -2.00. The van der Waals surface area contributed by atoms with E-state index in [0.717, 1.165) is 22.9 Å². The maximum absolute atomic E-state index is 6.12. The Morgan fingerprint density at radius 3 is 2.17 bits per heavy atom. The van der Waals surface area contributed by atoms with Gasteiger partial charge in [0.15, 0.2) is 0 Å². The summed E-state index contributed by atoms with van der Waals surface area (Å²) in [5.74, 6) is 1.10. The first kappa shape index (κ1) is 18.3. The Labute approximate surface area is 146 Å². The first-order valence-corrected chi connectivity index (χ1v) is 9.72. The number of halogens is 1. The van der Waals surface area contributed by atoms with E-state index < -0.39 is 0 Å². The molecular weight excluding hydrogens is 304 g/mol. The van der Waals surface area contributed by atoms with E-state index >= 15 is 0 Å². The van der Waals surface area contributed by atoms with Crippen LogP contribution in [0.4, 0.5) is 0 Å². The summed E-state index contributed by atoms with van der Waals surface area (Å²) >= 11 is 6.12. The highest BCUT2D eigenvalue weighted by Crippen LogP contribution is 2.21. The van der Waals surface area contributed by atoms with Crippen molar-refractivity contribution in [2.45, 2.75) is 84.6 Å². The van der Waals surface area contributed by atoms with Crippen LogP contribution in [0, 0.1) is 6.92 Å². The average molecular weight is 335 g/mol. The van der Waals surface area contributed by atoms with E-state index in [1.54, 1.807) is 0 Å². The molecule has 0 unspecified atom stereocenters. The highest BCUT2D eigenvalue weighted by molar-refractivity contribution is 6.31. The van der Waals surface area contributed by atoms with Gasteiger partial charge in [-0.3, -0.25) is 0 Å². The first-order chi connectivity index (χ1) is 11.2. The molecule has 1 heterocycles. The molecule has 0 fully saturated rings. The SMILES string of the molecule is CCCCCCCCCCCCn1c(C)nc2ccc(Cl)cc21. The van der Waals surface area contributed by atoms with E-state index in [4.69, 9.17) is 11.6 Å². The van der Waals surface area contributed by atoms with Crippen molar-refractivity contribution in [3.8, 4) is 0 Å². The third kappa shape index (κ3) is 5.84. The lowest BCUT2D eigenvalue weighted by Gasteiger charge is -2.07. The summed E-state index contributed by atoms with van der Waals surface area (Å²) in [4.78, 5) is 4.62. The van der Waals surface area contributed by atoms with Crippen molar-refractivity contribution < 1.29 is 0 Å². The number of hydrogen-bond donors (Lipinski definition) is 0. The molecule has 0 bridgehead atoms. The predicted octanol–water partition coefficient (Wildman–Crippen LogP) is 6.92. The molecule has 0 radical (unpaired) electrons. The molecule has 0 aliphatic rings. The lowest BCUT2D eigenvalue weighted by molar-refractivity contribution is 0.535. The Hall–Kier alpha value is -1.02. The highest BCUT2D eigenvalue weighted by atomic mass is 35.5. The molecule has 128 valence electrons. The maximum atomic E-state index is 6.12. The summed E-state index contributed by atoms with van der Waals surface area (Å²) in [6.07, 6.45) is 13.7. The number of imidazole rings is 1. The third-order valence-corrected chi connectivity index (χ3v) is 4.87. The molecule has 0 saturated carbocycles. The van der Waals surface area contributed by atoms with E-state index in [1.165, 1.54) is 69.7 Å². The lowest BCUT2D eigenvalue weighted by atomic mass is 10.1. The van der Waals surface area contributed by atoms with Crippen LogP contribution in [-0.4, -0.2) is 9.55 Å². The van der Waals surface area contributed by atoms with Crippen molar-refractivity contribution in [3.05, 3.63) is 29.0 Å². The fourth-order valence-electron chi connectivity index (χ4n) is 3.26. The van der Waals surface area contributed by atoms with Crippen molar-refractivity contribution in [2.24, 2.45) is 0 Å². The van der Waals surface area contributed by atoms with E-state index in [9.17, 15) is 0 Å². The second-order valence-electron chi connectivity index (χ2n) is 6.63. The zero-order valence-corrected chi connectivity index (χ0v) is 15.5. The van der Waals surface area contributed by atoms with Crippen molar-refractivity contribution in [3.63, 3.8) is 0 Å². The average Bonchev–Trinajstić information content (AvgIpc) is 2.84. The second kappa shape index (κ2) is 9.97. The molecule has 0 aliphatic heterocycles. The van der Waals surface area contributed by atoms with Crippen LogP contribution in [-0.2, 0) is 6.54 Å². The van der Waals surface area contributed by atoms with E-state index in [2.05, 4.69) is 23.4 Å². The summed E-state index contributed by atoms with van der Waals surface area (Å²) in [5.41, 5.74) is 2.23. The molecule has 0 aliphatic carbocycles. The number of unbranched alkanes of at least 4 members (excludes halogenated alkanes) is 9. The van der Waals surface area contributed by atoms with Gasteiger partial charge in [-0.2, -0.15) is 0 Å². The van der Waals surface area contributed by atoms with Crippen molar-refractivity contribution in [1.82, 2.24) is 9.55 Å². The molecule has 2 aromatic rings. The Morgan fingerprint density at radius 1 is 0.913 bits per heavy atom. The van der Waals surface area contributed by atoms with Gasteiger partial charge in [0.05, 0.1) is 11.0 Å². The van der Waals surface area contributed by atoms with Gasteiger partial charge in [-0.15, -0.1) is 0 Å². The van der Waals surface area contributed by atoms with Gasteiger partial charge in [0.1, 0.15) is 5.82 Å². The van der Waals surface area contributed by atoms with Gasteiger partial charge in [-0.25, -0.2) is 4.98 Å². The monoisotopic (exact) mass is 334 g/mol. The molecule has 0 N–H and O–H groups in total. The third-order valence-electron chi connectivity index (χ3n) is 4.64. The second-order valence-corrected chi connectivity index (χ2v) is 7.06. The zero-order chi connectivity index (χ0) is 16.5. The summed E-state index contributed by atoms with van der Waals surface area (Å²) in [6.45, 7) is 5.42. The number of benzene rings is 1. The van der Waals surface area contributed by atoms with Crippen LogP contribution in [0.5, 0.6) is 0 Å². The van der Waals surface area contributed by atoms with Gasteiger partial charge < -0.3 is 4.57 Å². The van der Waals surface area contributed by atoms with Crippen LogP contribution in [0.25, 0.3) is 11.0 Å². The van der Waals surface area contributed by atoms with Crippen molar-refractivity contribution in [2.75, 3.05) is 0 Å². The van der Waals surface area contributed by atoms with Crippen LogP contribution in [0.15, 0.2) is 18.2 Å². The number of rotatable bonds is 11. The first-order valence-electron chi connectivity index (χ1n) is 9.34. The Bertz CT molecular complexity index is 589. The predicted molar refractivity (Wildman–Crippen MR) is 101 cm³/mol. The van der Waals surface area contributed by atoms with Gasteiger partial charge in [0.2, 0.25) is 0 Å². The molecule has 2 nitrogen and oxygen atoms in total. The molecule has 1 aromatic heterocycles. The zero-order valence-electron chi connectivity index (χ0n) is 14.8. The smallest absolute Gasteiger partial charge is 0.106 e. The summed E-state index contributed by atoms with van der Waals surface area (Å²) < 4.78 is 2.31. The topological polar surface area (TPSA) is 17.8 Å². The van der Waals surface area contributed by atoms with Gasteiger partial charge in [0.25, 0.3) is 0 Å². The van der Waals surface area contributed by atoms with Crippen molar-refractivity contribution >= 4 is 22.6 Å². The molecule has 0 spiro atoms. The largest absolute Gasteiger partial charge is 0.328 e. The van der Waals surface area contributed by atoms with Crippen LogP contribution < -0.4 is 0 Å². The summed E-state index contributed by atoms with van der Waals surface area (Å²) in [5, 5.41) is 0.793. The van der Waals surface area contributed by atoms with Crippen LogP contribution in [0.2, 0.25) is 5.02 Å². The molecular formula is C20H31ClN2. The Kier molecular flexibility index (Phi) is 7.94. The summed E-state index contributed by atoms with van der Waals surface area (Å²) in [6, 6.07) is 5.97. The van der Waals surface area contributed by atoms with E-state index in [0.29, 0.717) is 0 Å². The minimum atomic E-state index is 0.793. The quantitative estimate of drug-likeness (QED) is 0.408. The van der Waals surface area contributed by atoms with Gasteiger partial charge in [0, 0.05) is 11.6 Å². The molecule has 2 rings (SSSR count). The fraction of sp³-hybridized carbons (Fsp3) is 0.650. The molecule has 0 amide bonds.